The maximum absolute atomic E-state index is 5.77. The predicted octanol–water partition coefficient (Wildman–Crippen LogP) is 5.50. The summed E-state index contributed by atoms with van der Waals surface area (Å²) in [5.41, 5.74) is -2.22. The quantitative estimate of drug-likeness (QED) is 0.413. The Morgan fingerprint density at radius 1 is 1.18 bits per heavy atom. The van der Waals surface area contributed by atoms with Gasteiger partial charge in [-0.1, -0.05) is 25.8 Å². The number of rotatable bonds is 9. The molecule has 102 valence electrons. The second-order valence-electron chi connectivity index (χ2n) is 4.37. The fraction of sp³-hybridized carbons (Fsp3) is 0.833. The van der Waals surface area contributed by atoms with Gasteiger partial charge in [-0.3, -0.25) is 0 Å². The lowest BCUT2D eigenvalue weighted by atomic mass is 10.2. The van der Waals surface area contributed by atoms with Crippen LogP contribution in [-0.4, -0.2) is 12.2 Å². The summed E-state index contributed by atoms with van der Waals surface area (Å²) in [5.74, 6) is 0. The highest BCUT2D eigenvalue weighted by atomic mass is 32.9. The van der Waals surface area contributed by atoms with Gasteiger partial charge in [0.2, 0.25) is 0 Å². The van der Waals surface area contributed by atoms with E-state index in [0.717, 1.165) is 6.42 Å². The van der Waals surface area contributed by atoms with E-state index >= 15 is 0 Å². The van der Waals surface area contributed by atoms with Gasteiger partial charge in [-0.15, -0.1) is 0 Å². The molecule has 0 unspecified atom stereocenters. The van der Waals surface area contributed by atoms with Gasteiger partial charge in [0, 0.05) is 0 Å². The van der Waals surface area contributed by atoms with Gasteiger partial charge in [0.25, 0.3) is 5.69 Å². The first-order valence-electron chi connectivity index (χ1n) is 6.20. The van der Waals surface area contributed by atoms with E-state index in [-0.39, 0.29) is 12.2 Å². The normalized spacial score (nSPS) is 13.1. The van der Waals surface area contributed by atoms with Gasteiger partial charge in [-0.05, 0) is 62.7 Å². The monoisotopic (exact) mass is 296 g/mol. The predicted molar refractivity (Wildman–Crippen MR) is 83.0 cm³/mol. The van der Waals surface area contributed by atoms with E-state index in [1.807, 2.05) is 33.1 Å². The Kier molecular flexibility index (Phi) is 9.94. The van der Waals surface area contributed by atoms with Gasteiger partial charge in [0.1, 0.15) is 0 Å². The Bertz CT molecular complexity index is 251. The number of allylic oxidation sites excluding steroid dienone is 1. The fourth-order valence-electron chi connectivity index (χ4n) is 1.10. The maximum Gasteiger partial charge on any atom is 0.252 e. The van der Waals surface area contributed by atoms with E-state index in [4.69, 9.17) is 20.9 Å². The molecule has 0 saturated carbocycles. The molecule has 17 heavy (non-hydrogen) atoms. The van der Waals surface area contributed by atoms with Crippen LogP contribution in [-0.2, 0) is 20.9 Å². The second kappa shape index (κ2) is 9.57. The largest absolute Gasteiger partial charge is 0.319 e. The maximum atomic E-state index is 5.77. The fourth-order valence-corrected chi connectivity index (χ4v) is 6.17. The number of unbranched alkanes of at least 4 members (excludes halogenated alkanes) is 2. The molecular weight excluding hydrogens is 271 g/mol. The Morgan fingerprint density at radius 2 is 1.71 bits per heavy atom. The van der Waals surface area contributed by atoms with Crippen LogP contribution in [0, 0.1) is 0 Å². The summed E-state index contributed by atoms with van der Waals surface area (Å²) in [5, 5.41) is 2.04. The van der Waals surface area contributed by atoms with Gasteiger partial charge in [0.15, 0.2) is 0 Å². The third-order valence-electron chi connectivity index (χ3n) is 1.69. The summed E-state index contributed by atoms with van der Waals surface area (Å²) < 4.78 is 11.5. The minimum atomic E-state index is -2.22. The number of hydrogen-bond donors (Lipinski definition) is 0. The minimum absolute atomic E-state index is 0.108. The first-order valence-corrected chi connectivity index (χ1v) is 10.3. The zero-order valence-corrected chi connectivity index (χ0v) is 14.0. The van der Waals surface area contributed by atoms with Crippen LogP contribution >= 0.6 is 17.1 Å². The van der Waals surface area contributed by atoms with Crippen molar-refractivity contribution in [1.29, 1.82) is 0 Å². The van der Waals surface area contributed by atoms with Crippen molar-refractivity contribution < 1.29 is 9.05 Å². The molecule has 0 aromatic carbocycles. The topological polar surface area (TPSA) is 18.5 Å². The molecule has 0 aromatic heterocycles. The molecular formula is C12H25O2PS2. The van der Waals surface area contributed by atoms with Gasteiger partial charge in [-0.25, -0.2) is 0 Å². The van der Waals surface area contributed by atoms with Crippen LogP contribution in [0.15, 0.2) is 11.5 Å². The van der Waals surface area contributed by atoms with Crippen molar-refractivity contribution in [2.75, 3.05) is 0 Å². The number of hydrogen-bond acceptors (Lipinski definition) is 4. The van der Waals surface area contributed by atoms with E-state index in [1.54, 1.807) is 0 Å². The summed E-state index contributed by atoms with van der Waals surface area (Å²) in [6.45, 7) is 10.2. The third kappa shape index (κ3) is 10.3. The summed E-state index contributed by atoms with van der Waals surface area (Å²) in [6, 6.07) is 0. The Morgan fingerprint density at radius 3 is 2.12 bits per heavy atom. The highest BCUT2D eigenvalue weighted by molar-refractivity contribution is 8.69. The zero-order chi connectivity index (χ0) is 13.3. The van der Waals surface area contributed by atoms with E-state index in [0.29, 0.717) is 0 Å². The highest BCUT2D eigenvalue weighted by Gasteiger charge is 2.21. The molecule has 2 nitrogen and oxygen atoms in total. The molecule has 0 aliphatic heterocycles. The van der Waals surface area contributed by atoms with Crippen molar-refractivity contribution in [2.24, 2.45) is 0 Å². The second-order valence-corrected chi connectivity index (χ2v) is 10.4. The van der Waals surface area contributed by atoms with Crippen molar-refractivity contribution in [2.45, 2.75) is 66.1 Å². The van der Waals surface area contributed by atoms with E-state index in [1.165, 1.54) is 24.2 Å². The molecule has 0 radical (unpaired) electrons. The van der Waals surface area contributed by atoms with E-state index in [2.05, 4.69) is 13.0 Å². The van der Waals surface area contributed by atoms with Crippen LogP contribution in [0.3, 0.4) is 0 Å². The van der Waals surface area contributed by atoms with E-state index < -0.39 is 5.69 Å². The molecule has 0 aliphatic carbocycles. The zero-order valence-electron chi connectivity index (χ0n) is 11.5. The van der Waals surface area contributed by atoms with Crippen molar-refractivity contribution in [3.8, 4) is 0 Å². The average molecular weight is 296 g/mol. The van der Waals surface area contributed by atoms with Crippen LogP contribution in [0.1, 0.15) is 53.9 Å². The summed E-state index contributed by atoms with van der Waals surface area (Å²) in [4.78, 5) is 0. The lowest BCUT2D eigenvalue weighted by molar-refractivity contribution is 0.186. The van der Waals surface area contributed by atoms with Crippen LogP contribution < -0.4 is 0 Å². The Hall–Kier alpha value is 0.660. The van der Waals surface area contributed by atoms with Crippen LogP contribution in [0.5, 0.6) is 0 Å². The molecule has 0 spiro atoms. The Balaban J connectivity index is 4.28. The SMILES string of the molecule is CCCC/C=C/SP(=S)(OC(C)C)OC(C)C. The molecule has 0 fully saturated rings. The highest BCUT2D eigenvalue weighted by Crippen LogP contribution is 2.63. The summed E-state index contributed by atoms with van der Waals surface area (Å²) in [6.07, 6.45) is 5.90. The molecule has 0 aromatic rings. The van der Waals surface area contributed by atoms with Crippen molar-refractivity contribution in [3.05, 3.63) is 11.5 Å². The third-order valence-corrected chi connectivity index (χ3v) is 6.57. The molecule has 0 rings (SSSR count). The van der Waals surface area contributed by atoms with Crippen LogP contribution in [0.4, 0.5) is 0 Å². The lowest BCUT2D eigenvalue weighted by Crippen LogP contribution is -2.05. The molecule has 0 bridgehead atoms. The molecule has 5 heteroatoms. The first-order chi connectivity index (χ1) is 7.89. The van der Waals surface area contributed by atoms with Gasteiger partial charge in [0.05, 0.1) is 12.2 Å². The van der Waals surface area contributed by atoms with Crippen LogP contribution in [0.25, 0.3) is 0 Å². The molecule has 0 amide bonds. The summed E-state index contributed by atoms with van der Waals surface area (Å²) in [7, 11) is 0. The molecule has 0 saturated heterocycles. The summed E-state index contributed by atoms with van der Waals surface area (Å²) >= 11 is 7.04. The smallest absolute Gasteiger partial charge is 0.252 e. The van der Waals surface area contributed by atoms with E-state index in [9.17, 15) is 0 Å². The average Bonchev–Trinajstić information content (AvgIpc) is 2.14. The van der Waals surface area contributed by atoms with Crippen LogP contribution in [0.2, 0.25) is 0 Å². The van der Waals surface area contributed by atoms with Crippen molar-refractivity contribution in [3.63, 3.8) is 0 Å². The van der Waals surface area contributed by atoms with Crippen molar-refractivity contribution >= 4 is 28.9 Å². The van der Waals surface area contributed by atoms with Gasteiger partial charge >= 0.3 is 0 Å². The minimum Gasteiger partial charge on any atom is -0.319 e. The van der Waals surface area contributed by atoms with Gasteiger partial charge in [-0.2, -0.15) is 0 Å². The van der Waals surface area contributed by atoms with Crippen molar-refractivity contribution in [1.82, 2.24) is 0 Å². The molecule has 0 atom stereocenters. The lowest BCUT2D eigenvalue weighted by Gasteiger charge is -2.24. The Labute approximate surface area is 115 Å². The first kappa shape index (κ1) is 17.7. The standard InChI is InChI=1S/C12H25O2PS2/c1-6-7-8-9-10-17-15(16,13-11(2)3)14-12(4)5/h9-12H,6-8H2,1-5H3/b10-9+. The molecule has 0 heterocycles. The van der Waals surface area contributed by atoms with Gasteiger partial charge < -0.3 is 9.05 Å². The molecule has 0 N–H and O–H groups in total. The molecule has 0 aliphatic rings.